The van der Waals surface area contributed by atoms with E-state index in [1.807, 2.05) is 30.3 Å². The van der Waals surface area contributed by atoms with Gasteiger partial charge in [0, 0.05) is 13.7 Å². The lowest BCUT2D eigenvalue weighted by Crippen LogP contribution is -2.41. The van der Waals surface area contributed by atoms with E-state index in [2.05, 4.69) is 0 Å². The second kappa shape index (κ2) is 8.42. The topological polar surface area (TPSA) is 55.8 Å². The molecule has 1 saturated heterocycles. The maximum atomic E-state index is 13.0. The van der Waals surface area contributed by atoms with Crippen molar-refractivity contribution in [3.8, 4) is 0 Å². The van der Waals surface area contributed by atoms with E-state index in [0.29, 0.717) is 36.8 Å². The van der Waals surface area contributed by atoms with Gasteiger partial charge >= 0.3 is 0 Å². The molecule has 0 bridgehead atoms. The standard InChI is InChI=1S/C18H23NO4S2/c1-22-11-12-23-17-9-10-19(25(20,21)18-8-5-13-24-18)16(17)14-15-6-3-2-4-7-15/h2-8,13,16-17H,9-12,14H2,1H3/t16-,17+/m0/s1. The summed E-state index contributed by atoms with van der Waals surface area (Å²) in [5.74, 6) is 0. The Morgan fingerprint density at radius 2 is 1.96 bits per heavy atom. The number of rotatable bonds is 8. The highest BCUT2D eigenvalue weighted by molar-refractivity contribution is 7.91. The van der Waals surface area contributed by atoms with Crippen LogP contribution < -0.4 is 0 Å². The first-order valence-electron chi connectivity index (χ1n) is 8.32. The number of hydrogen-bond donors (Lipinski definition) is 0. The lowest BCUT2D eigenvalue weighted by atomic mass is 10.0. The first kappa shape index (κ1) is 18.5. The molecule has 0 N–H and O–H groups in total. The van der Waals surface area contributed by atoms with E-state index in [4.69, 9.17) is 9.47 Å². The zero-order chi connectivity index (χ0) is 17.7. The Labute approximate surface area is 153 Å². The van der Waals surface area contributed by atoms with Gasteiger partial charge in [-0.1, -0.05) is 36.4 Å². The van der Waals surface area contributed by atoms with Crippen LogP contribution in [0.5, 0.6) is 0 Å². The Balaban J connectivity index is 1.83. The predicted molar refractivity (Wildman–Crippen MR) is 98.4 cm³/mol. The lowest BCUT2D eigenvalue weighted by molar-refractivity contribution is 0.00638. The molecule has 1 aliphatic rings. The van der Waals surface area contributed by atoms with Crippen LogP contribution in [-0.4, -0.2) is 51.7 Å². The molecule has 2 aromatic rings. The van der Waals surface area contributed by atoms with Crippen LogP contribution in [-0.2, 0) is 25.9 Å². The van der Waals surface area contributed by atoms with Crippen molar-refractivity contribution in [2.75, 3.05) is 26.9 Å². The van der Waals surface area contributed by atoms with Gasteiger partial charge in [-0.05, 0) is 29.9 Å². The number of methoxy groups -OCH3 is 1. The second-order valence-electron chi connectivity index (χ2n) is 6.00. The van der Waals surface area contributed by atoms with Gasteiger partial charge in [-0.3, -0.25) is 0 Å². The minimum Gasteiger partial charge on any atom is -0.382 e. The van der Waals surface area contributed by atoms with Gasteiger partial charge in [0.1, 0.15) is 4.21 Å². The van der Waals surface area contributed by atoms with Crippen molar-refractivity contribution in [3.63, 3.8) is 0 Å². The molecule has 2 atom stereocenters. The van der Waals surface area contributed by atoms with Crippen LogP contribution in [0, 0.1) is 0 Å². The van der Waals surface area contributed by atoms with Crippen LogP contribution >= 0.6 is 11.3 Å². The number of thiophene rings is 1. The van der Waals surface area contributed by atoms with Crippen LogP contribution in [0.4, 0.5) is 0 Å². The Bertz CT molecular complexity index is 747. The van der Waals surface area contributed by atoms with E-state index in [1.54, 1.807) is 28.9 Å². The summed E-state index contributed by atoms with van der Waals surface area (Å²) in [5, 5.41) is 1.79. The smallest absolute Gasteiger partial charge is 0.252 e. The molecule has 0 aliphatic carbocycles. The quantitative estimate of drug-likeness (QED) is 0.660. The van der Waals surface area contributed by atoms with Crippen LogP contribution in [0.15, 0.2) is 52.1 Å². The van der Waals surface area contributed by atoms with Gasteiger partial charge in [-0.15, -0.1) is 11.3 Å². The monoisotopic (exact) mass is 381 g/mol. The van der Waals surface area contributed by atoms with Gasteiger partial charge in [-0.2, -0.15) is 4.31 Å². The fourth-order valence-corrected chi connectivity index (χ4v) is 5.97. The van der Waals surface area contributed by atoms with Crippen molar-refractivity contribution < 1.29 is 17.9 Å². The summed E-state index contributed by atoms with van der Waals surface area (Å²) in [5.41, 5.74) is 1.11. The fourth-order valence-electron chi connectivity index (χ4n) is 3.19. The minimum atomic E-state index is -3.49. The van der Waals surface area contributed by atoms with Crippen LogP contribution in [0.1, 0.15) is 12.0 Å². The third kappa shape index (κ3) is 4.30. The molecule has 1 aliphatic heterocycles. The summed E-state index contributed by atoms with van der Waals surface area (Å²) in [4.78, 5) is 0. The SMILES string of the molecule is COCCO[C@@H]1CCN(S(=O)(=O)c2cccs2)[C@H]1Cc1ccccc1. The number of ether oxygens (including phenoxy) is 2. The van der Waals surface area contributed by atoms with Crippen molar-refractivity contribution in [1.29, 1.82) is 0 Å². The van der Waals surface area contributed by atoms with E-state index < -0.39 is 10.0 Å². The lowest BCUT2D eigenvalue weighted by Gasteiger charge is -2.27. The molecule has 25 heavy (non-hydrogen) atoms. The highest BCUT2D eigenvalue weighted by Gasteiger charge is 2.42. The first-order chi connectivity index (χ1) is 12.1. The zero-order valence-electron chi connectivity index (χ0n) is 14.2. The normalized spacial score (nSPS) is 21.6. The number of sulfonamides is 1. The van der Waals surface area contributed by atoms with Gasteiger partial charge < -0.3 is 9.47 Å². The second-order valence-corrected chi connectivity index (χ2v) is 9.06. The van der Waals surface area contributed by atoms with Crippen molar-refractivity contribution in [1.82, 2.24) is 4.31 Å². The summed E-state index contributed by atoms with van der Waals surface area (Å²) in [7, 11) is -1.86. The van der Waals surface area contributed by atoms with Crippen molar-refractivity contribution in [3.05, 3.63) is 53.4 Å². The molecule has 1 aromatic carbocycles. The van der Waals surface area contributed by atoms with Crippen molar-refractivity contribution >= 4 is 21.4 Å². The summed E-state index contributed by atoms with van der Waals surface area (Å²) in [6.45, 7) is 1.46. The molecule has 0 radical (unpaired) electrons. The molecule has 0 amide bonds. The highest BCUT2D eigenvalue weighted by atomic mass is 32.2. The molecule has 3 rings (SSSR count). The van der Waals surface area contributed by atoms with Gasteiger partial charge in [0.15, 0.2) is 0 Å². The molecule has 5 nitrogen and oxygen atoms in total. The summed E-state index contributed by atoms with van der Waals surface area (Å²) < 4.78 is 39.1. The van der Waals surface area contributed by atoms with Crippen molar-refractivity contribution in [2.24, 2.45) is 0 Å². The molecule has 136 valence electrons. The highest BCUT2D eigenvalue weighted by Crippen LogP contribution is 2.32. The molecule has 7 heteroatoms. The Morgan fingerprint density at radius 3 is 2.64 bits per heavy atom. The maximum Gasteiger partial charge on any atom is 0.252 e. The van der Waals surface area contributed by atoms with E-state index in [9.17, 15) is 8.42 Å². The first-order valence-corrected chi connectivity index (χ1v) is 10.6. The molecule has 0 saturated carbocycles. The molecule has 2 heterocycles. The molecule has 0 unspecified atom stereocenters. The van der Waals surface area contributed by atoms with Gasteiger partial charge in [0.25, 0.3) is 10.0 Å². The maximum absolute atomic E-state index is 13.0. The Morgan fingerprint density at radius 1 is 1.16 bits per heavy atom. The fraction of sp³-hybridized carbons (Fsp3) is 0.444. The number of hydrogen-bond acceptors (Lipinski definition) is 5. The third-order valence-corrected chi connectivity index (χ3v) is 7.70. The summed E-state index contributed by atoms with van der Waals surface area (Å²) >= 11 is 1.26. The predicted octanol–water partition coefficient (Wildman–Crippen LogP) is 2.79. The van der Waals surface area contributed by atoms with Gasteiger partial charge in [0.2, 0.25) is 0 Å². The van der Waals surface area contributed by atoms with E-state index in [0.717, 1.165) is 5.56 Å². The largest absolute Gasteiger partial charge is 0.382 e. The van der Waals surface area contributed by atoms with Crippen LogP contribution in [0.2, 0.25) is 0 Å². The van der Waals surface area contributed by atoms with E-state index >= 15 is 0 Å². The van der Waals surface area contributed by atoms with Crippen LogP contribution in [0.3, 0.4) is 0 Å². The van der Waals surface area contributed by atoms with Crippen LogP contribution in [0.25, 0.3) is 0 Å². The van der Waals surface area contributed by atoms with E-state index in [1.165, 1.54) is 11.3 Å². The third-order valence-electron chi connectivity index (χ3n) is 4.40. The van der Waals surface area contributed by atoms with E-state index in [-0.39, 0.29) is 12.1 Å². The molecular formula is C18H23NO4S2. The molecule has 0 spiro atoms. The molecule has 1 aromatic heterocycles. The molecule has 1 fully saturated rings. The Kier molecular flexibility index (Phi) is 6.24. The average Bonchev–Trinajstić information content (AvgIpc) is 3.27. The van der Waals surface area contributed by atoms with Gasteiger partial charge in [0.05, 0.1) is 25.4 Å². The average molecular weight is 382 g/mol. The Hall–Kier alpha value is -1.25. The zero-order valence-corrected chi connectivity index (χ0v) is 15.8. The summed E-state index contributed by atoms with van der Waals surface area (Å²) in [6.07, 6.45) is 1.22. The van der Waals surface area contributed by atoms with Gasteiger partial charge in [-0.25, -0.2) is 8.42 Å². The number of benzene rings is 1. The van der Waals surface area contributed by atoms with Crippen molar-refractivity contribution in [2.45, 2.75) is 29.2 Å². The number of nitrogens with zero attached hydrogens (tertiary/aromatic N) is 1. The molecular weight excluding hydrogens is 358 g/mol. The summed E-state index contributed by atoms with van der Waals surface area (Å²) in [6, 6.07) is 13.2. The minimum absolute atomic E-state index is 0.120.